The van der Waals surface area contributed by atoms with Gasteiger partial charge < -0.3 is 9.47 Å². The molecule has 5 nitrogen and oxygen atoms in total. The molecule has 1 aliphatic rings. The number of hydrogen-bond donors (Lipinski definition) is 0. The first-order chi connectivity index (χ1) is 7.78. The normalized spacial score (nSPS) is 15.6. The minimum atomic E-state index is -4.41. The maximum atomic E-state index is 11.7. The summed E-state index contributed by atoms with van der Waals surface area (Å²) < 4.78 is 43.4. The van der Waals surface area contributed by atoms with E-state index in [0.29, 0.717) is 0 Å². The zero-order valence-corrected chi connectivity index (χ0v) is 8.37. The third kappa shape index (κ3) is 4.66. The first-order valence-corrected chi connectivity index (χ1v) is 4.47. The minimum absolute atomic E-state index is 0.230. The summed E-state index contributed by atoms with van der Waals surface area (Å²) in [5.74, 6) is -2.91. The predicted octanol–water partition coefficient (Wildman–Crippen LogP) is 0.882. The fraction of sp³-hybridized carbons (Fsp3) is 0.444. The largest absolute Gasteiger partial charge is 0.465 e. The van der Waals surface area contributed by atoms with Crippen LogP contribution in [0.4, 0.5) is 13.2 Å². The average Bonchev–Trinajstić information content (AvgIpc) is 2.42. The monoisotopic (exact) mass is 252 g/mol. The summed E-state index contributed by atoms with van der Waals surface area (Å²) in [6.07, 6.45) is -5.46. The Morgan fingerprint density at radius 3 is 2.47 bits per heavy atom. The van der Waals surface area contributed by atoms with Gasteiger partial charge in [-0.3, -0.25) is 4.79 Å². The lowest BCUT2D eigenvalue weighted by Gasteiger charge is -2.06. The number of ether oxygens (including phenoxy) is 2. The van der Waals surface area contributed by atoms with Crippen molar-refractivity contribution in [3.63, 3.8) is 0 Å². The van der Waals surface area contributed by atoms with E-state index in [4.69, 9.17) is 0 Å². The standard InChI is InChI=1S/C9H7F3O5/c10-9(11,12)1-2-16-6(13)3-5-4-7(14)17-8(5)15/h4H,1-3H2. The van der Waals surface area contributed by atoms with E-state index in [9.17, 15) is 27.6 Å². The molecule has 0 aromatic carbocycles. The molecule has 0 amide bonds. The number of alkyl halides is 3. The van der Waals surface area contributed by atoms with Crippen molar-refractivity contribution in [3.05, 3.63) is 11.6 Å². The molecule has 94 valence electrons. The Morgan fingerprint density at radius 2 is 2.00 bits per heavy atom. The molecule has 0 radical (unpaired) electrons. The highest BCUT2D eigenvalue weighted by Gasteiger charge is 2.29. The summed E-state index contributed by atoms with van der Waals surface area (Å²) in [5, 5.41) is 0. The van der Waals surface area contributed by atoms with Crippen LogP contribution in [0.15, 0.2) is 11.6 Å². The van der Waals surface area contributed by atoms with Crippen molar-refractivity contribution in [1.82, 2.24) is 0 Å². The van der Waals surface area contributed by atoms with Gasteiger partial charge in [0.15, 0.2) is 0 Å². The Morgan fingerprint density at radius 1 is 1.35 bits per heavy atom. The SMILES string of the molecule is O=C1C=C(CC(=O)OCCC(F)(F)F)C(=O)O1. The van der Waals surface area contributed by atoms with Gasteiger partial charge in [0.05, 0.1) is 25.0 Å². The molecule has 0 aliphatic carbocycles. The summed E-state index contributed by atoms with van der Waals surface area (Å²) in [7, 11) is 0. The maximum Gasteiger partial charge on any atom is 0.392 e. The molecular weight excluding hydrogens is 245 g/mol. The van der Waals surface area contributed by atoms with Crippen molar-refractivity contribution in [2.75, 3.05) is 6.61 Å². The van der Waals surface area contributed by atoms with Crippen molar-refractivity contribution in [3.8, 4) is 0 Å². The Bertz CT molecular complexity index is 383. The molecule has 0 N–H and O–H groups in total. The van der Waals surface area contributed by atoms with Gasteiger partial charge in [-0.25, -0.2) is 9.59 Å². The molecule has 0 saturated heterocycles. The fourth-order valence-corrected chi connectivity index (χ4v) is 0.998. The predicted molar refractivity (Wildman–Crippen MR) is 45.4 cm³/mol. The van der Waals surface area contributed by atoms with Crippen LogP contribution in [0.25, 0.3) is 0 Å². The van der Waals surface area contributed by atoms with Gasteiger partial charge in [0.25, 0.3) is 0 Å². The molecule has 0 atom stereocenters. The van der Waals surface area contributed by atoms with Gasteiger partial charge in [0.1, 0.15) is 0 Å². The van der Waals surface area contributed by atoms with Crippen LogP contribution in [0.1, 0.15) is 12.8 Å². The summed E-state index contributed by atoms with van der Waals surface area (Å²) in [6, 6.07) is 0. The Balaban J connectivity index is 2.33. The third-order valence-electron chi connectivity index (χ3n) is 1.73. The number of cyclic esters (lactones) is 2. The molecule has 17 heavy (non-hydrogen) atoms. The minimum Gasteiger partial charge on any atom is -0.465 e. The van der Waals surface area contributed by atoms with E-state index in [0.717, 1.165) is 6.08 Å². The lowest BCUT2D eigenvalue weighted by Crippen LogP contribution is -2.15. The van der Waals surface area contributed by atoms with Crippen molar-refractivity contribution in [1.29, 1.82) is 0 Å². The number of rotatable bonds is 4. The van der Waals surface area contributed by atoms with Crippen LogP contribution in [0.2, 0.25) is 0 Å². The molecular formula is C9H7F3O5. The summed E-state index contributed by atoms with van der Waals surface area (Å²) >= 11 is 0. The van der Waals surface area contributed by atoms with Gasteiger partial charge in [0, 0.05) is 6.08 Å². The second-order valence-electron chi connectivity index (χ2n) is 3.14. The van der Waals surface area contributed by atoms with Crippen LogP contribution in [0.5, 0.6) is 0 Å². The smallest absolute Gasteiger partial charge is 0.392 e. The van der Waals surface area contributed by atoms with Crippen LogP contribution in [-0.4, -0.2) is 30.7 Å². The summed E-state index contributed by atoms with van der Waals surface area (Å²) in [4.78, 5) is 32.4. The average molecular weight is 252 g/mol. The van der Waals surface area contributed by atoms with Gasteiger partial charge in [-0.2, -0.15) is 13.2 Å². The van der Waals surface area contributed by atoms with Crippen LogP contribution < -0.4 is 0 Å². The third-order valence-corrected chi connectivity index (χ3v) is 1.73. The molecule has 1 rings (SSSR count). The number of halogens is 3. The summed E-state index contributed by atoms with van der Waals surface area (Å²) in [6.45, 7) is -0.821. The Labute approximate surface area is 93.2 Å². The molecule has 0 aromatic rings. The second kappa shape index (κ2) is 4.98. The molecule has 0 bridgehead atoms. The highest BCUT2D eigenvalue weighted by Crippen LogP contribution is 2.19. The van der Waals surface area contributed by atoms with E-state index in [1.165, 1.54) is 0 Å². The van der Waals surface area contributed by atoms with Crippen molar-refractivity contribution < 1.29 is 37.0 Å². The second-order valence-corrected chi connectivity index (χ2v) is 3.14. The first-order valence-electron chi connectivity index (χ1n) is 4.47. The highest BCUT2D eigenvalue weighted by atomic mass is 19.4. The molecule has 1 aliphatic heterocycles. The first kappa shape index (κ1) is 13.2. The number of esters is 3. The van der Waals surface area contributed by atoms with E-state index in [1.54, 1.807) is 0 Å². The molecule has 0 saturated carbocycles. The highest BCUT2D eigenvalue weighted by molar-refractivity contribution is 6.10. The van der Waals surface area contributed by atoms with E-state index >= 15 is 0 Å². The molecule has 8 heteroatoms. The Kier molecular flexibility index (Phi) is 3.87. The zero-order valence-electron chi connectivity index (χ0n) is 8.37. The Hall–Kier alpha value is -1.86. The quantitative estimate of drug-likeness (QED) is 0.548. The van der Waals surface area contributed by atoms with E-state index < -0.39 is 43.5 Å². The van der Waals surface area contributed by atoms with Crippen LogP contribution in [0, 0.1) is 0 Å². The molecule has 1 heterocycles. The van der Waals surface area contributed by atoms with Crippen molar-refractivity contribution in [2.24, 2.45) is 0 Å². The topological polar surface area (TPSA) is 69.7 Å². The van der Waals surface area contributed by atoms with E-state index in [1.807, 2.05) is 0 Å². The summed E-state index contributed by atoms with van der Waals surface area (Å²) in [5.41, 5.74) is -0.230. The number of carbonyl (C=O) groups excluding carboxylic acids is 3. The van der Waals surface area contributed by atoms with Gasteiger partial charge in [-0.1, -0.05) is 0 Å². The molecule has 0 fully saturated rings. The van der Waals surface area contributed by atoms with Gasteiger partial charge >= 0.3 is 24.1 Å². The van der Waals surface area contributed by atoms with Crippen molar-refractivity contribution in [2.45, 2.75) is 19.0 Å². The van der Waals surface area contributed by atoms with Crippen LogP contribution in [0.3, 0.4) is 0 Å². The van der Waals surface area contributed by atoms with Crippen molar-refractivity contribution >= 4 is 17.9 Å². The lowest BCUT2D eigenvalue weighted by molar-refractivity contribution is -0.160. The number of hydrogen-bond acceptors (Lipinski definition) is 5. The maximum absolute atomic E-state index is 11.7. The molecule has 0 aromatic heterocycles. The molecule has 0 unspecified atom stereocenters. The van der Waals surface area contributed by atoms with E-state index in [-0.39, 0.29) is 5.57 Å². The lowest BCUT2D eigenvalue weighted by atomic mass is 10.2. The zero-order chi connectivity index (χ0) is 13.1. The van der Waals surface area contributed by atoms with E-state index in [2.05, 4.69) is 9.47 Å². The van der Waals surface area contributed by atoms with Gasteiger partial charge in [-0.05, 0) is 0 Å². The number of carbonyl (C=O) groups is 3. The van der Waals surface area contributed by atoms with Crippen LogP contribution >= 0.6 is 0 Å². The van der Waals surface area contributed by atoms with Crippen LogP contribution in [-0.2, 0) is 23.9 Å². The van der Waals surface area contributed by atoms with Gasteiger partial charge in [-0.15, -0.1) is 0 Å². The fourth-order valence-electron chi connectivity index (χ4n) is 0.998. The molecule has 0 spiro atoms. The van der Waals surface area contributed by atoms with Gasteiger partial charge in [0.2, 0.25) is 0 Å².